The van der Waals surface area contributed by atoms with Gasteiger partial charge in [-0.2, -0.15) is 5.26 Å². The van der Waals surface area contributed by atoms with E-state index in [1.54, 1.807) is 30.3 Å². The van der Waals surface area contributed by atoms with Crippen LogP contribution in [-0.2, 0) is 11.4 Å². The average molecular weight is 403 g/mol. The second kappa shape index (κ2) is 9.59. The number of carbonyl (C=O) groups is 1. The summed E-state index contributed by atoms with van der Waals surface area (Å²) >= 11 is 5.85. The van der Waals surface area contributed by atoms with E-state index in [9.17, 15) is 10.1 Å². The molecule has 0 unspecified atom stereocenters. The van der Waals surface area contributed by atoms with Gasteiger partial charge in [-0.15, -0.1) is 0 Å². The summed E-state index contributed by atoms with van der Waals surface area (Å²) in [4.78, 5) is 12.5. The number of amides is 1. The van der Waals surface area contributed by atoms with E-state index in [0.29, 0.717) is 28.6 Å². The van der Waals surface area contributed by atoms with Crippen molar-refractivity contribution < 1.29 is 9.53 Å². The molecule has 4 nitrogen and oxygen atoms in total. The van der Waals surface area contributed by atoms with Crippen molar-refractivity contribution in [3.8, 4) is 11.8 Å². The van der Waals surface area contributed by atoms with E-state index in [2.05, 4.69) is 5.32 Å². The van der Waals surface area contributed by atoms with Gasteiger partial charge in [-0.1, -0.05) is 59.6 Å². The molecule has 0 spiro atoms. The normalized spacial score (nSPS) is 10.9. The minimum Gasteiger partial charge on any atom is -0.488 e. The monoisotopic (exact) mass is 402 g/mol. The van der Waals surface area contributed by atoms with Crippen LogP contribution in [0, 0.1) is 18.3 Å². The highest BCUT2D eigenvalue weighted by molar-refractivity contribution is 6.30. The molecule has 1 N–H and O–H groups in total. The molecule has 144 valence electrons. The Morgan fingerprint density at radius 2 is 1.76 bits per heavy atom. The van der Waals surface area contributed by atoms with Crippen LogP contribution in [0.2, 0.25) is 5.02 Å². The predicted octanol–water partition coefficient (Wildman–Crippen LogP) is 5.77. The van der Waals surface area contributed by atoms with Crippen LogP contribution in [0.3, 0.4) is 0 Å². The number of carbonyl (C=O) groups excluding carboxylic acids is 1. The highest BCUT2D eigenvalue weighted by Crippen LogP contribution is 2.23. The quantitative estimate of drug-likeness (QED) is 0.420. The smallest absolute Gasteiger partial charge is 0.266 e. The zero-order valence-electron chi connectivity index (χ0n) is 15.9. The Bertz CT molecular complexity index is 1070. The Labute approximate surface area is 175 Å². The summed E-state index contributed by atoms with van der Waals surface area (Å²) in [5.74, 6) is 0.100. The van der Waals surface area contributed by atoms with E-state index in [-0.39, 0.29) is 5.57 Å². The van der Waals surface area contributed by atoms with E-state index in [1.807, 2.05) is 55.5 Å². The molecule has 0 aliphatic carbocycles. The second-order valence-corrected chi connectivity index (χ2v) is 6.88. The predicted molar refractivity (Wildman–Crippen MR) is 116 cm³/mol. The van der Waals surface area contributed by atoms with Crippen LogP contribution in [0.1, 0.15) is 16.7 Å². The van der Waals surface area contributed by atoms with Crippen LogP contribution in [0.25, 0.3) is 6.08 Å². The first-order chi connectivity index (χ1) is 14.0. The Balaban J connectivity index is 1.76. The van der Waals surface area contributed by atoms with Gasteiger partial charge >= 0.3 is 0 Å². The third-order valence-corrected chi connectivity index (χ3v) is 4.45. The molecule has 0 aliphatic rings. The van der Waals surface area contributed by atoms with Gasteiger partial charge in [-0.05, 0) is 48.9 Å². The van der Waals surface area contributed by atoms with Crippen LogP contribution in [0.4, 0.5) is 5.69 Å². The van der Waals surface area contributed by atoms with E-state index < -0.39 is 5.91 Å². The number of aryl methyl sites for hydroxylation is 1. The van der Waals surface area contributed by atoms with Crippen molar-refractivity contribution in [1.29, 1.82) is 5.26 Å². The standard InChI is InChI=1S/C24H19ClN2O2/c1-17-6-8-18(9-7-17)16-29-23-5-3-2-4-19(23)14-20(15-26)24(28)27-22-12-10-21(25)11-13-22/h2-14H,16H2,1H3,(H,27,28)/b20-14+. The molecular formula is C24H19ClN2O2. The first-order valence-corrected chi connectivity index (χ1v) is 9.39. The van der Waals surface area contributed by atoms with Crippen LogP contribution < -0.4 is 10.1 Å². The number of ether oxygens (including phenoxy) is 1. The van der Waals surface area contributed by atoms with E-state index in [0.717, 1.165) is 5.56 Å². The molecule has 0 aliphatic heterocycles. The van der Waals surface area contributed by atoms with Crippen LogP contribution in [-0.4, -0.2) is 5.91 Å². The molecule has 5 heteroatoms. The first-order valence-electron chi connectivity index (χ1n) is 9.01. The number of nitriles is 1. The van der Waals surface area contributed by atoms with E-state index in [4.69, 9.17) is 16.3 Å². The van der Waals surface area contributed by atoms with Gasteiger partial charge in [0.05, 0.1) is 0 Å². The minimum atomic E-state index is -0.497. The third kappa shape index (κ3) is 5.71. The van der Waals surface area contributed by atoms with Crippen molar-refractivity contribution in [3.63, 3.8) is 0 Å². The lowest BCUT2D eigenvalue weighted by atomic mass is 10.1. The Morgan fingerprint density at radius 1 is 1.07 bits per heavy atom. The molecule has 3 aromatic carbocycles. The lowest BCUT2D eigenvalue weighted by Gasteiger charge is -2.10. The van der Waals surface area contributed by atoms with E-state index >= 15 is 0 Å². The van der Waals surface area contributed by atoms with Crippen molar-refractivity contribution in [2.45, 2.75) is 13.5 Å². The first kappa shape index (κ1) is 20.2. The van der Waals surface area contributed by atoms with Gasteiger partial charge < -0.3 is 10.1 Å². The number of hydrogen-bond donors (Lipinski definition) is 1. The van der Waals surface area contributed by atoms with Crippen LogP contribution >= 0.6 is 11.6 Å². The molecule has 0 saturated carbocycles. The fourth-order valence-corrected chi connectivity index (χ4v) is 2.74. The highest BCUT2D eigenvalue weighted by atomic mass is 35.5. The summed E-state index contributed by atoms with van der Waals surface area (Å²) in [7, 11) is 0. The average Bonchev–Trinajstić information content (AvgIpc) is 2.74. The van der Waals surface area contributed by atoms with Gasteiger partial charge in [0.15, 0.2) is 0 Å². The molecule has 0 heterocycles. The zero-order valence-corrected chi connectivity index (χ0v) is 16.6. The lowest BCUT2D eigenvalue weighted by molar-refractivity contribution is -0.112. The second-order valence-electron chi connectivity index (χ2n) is 6.44. The molecule has 0 radical (unpaired) electrons. The Morgan fingerprint density at radius 3 is 2.45 bits per heavy atom. The number of para-hydroxylation sites is 1. The molecule has 0 bridgehead atoms. The number of halogens is 1. The maximum atomic E-state index is 12.5. The summed E-state index contributed by atoms with van der Waals surface area (Å²) < 4.78 is 5.92. The highest BCUT2D eigenvalue weighted by Gasteiger charge is 2.11. The molecule has 0 saturated heterocycles. The Kier molecular flexibility index (Phi) is 6.67. The number of nitrogens with one attached hydrogen (secondary N) is 1. The van der Waals surface area contributed by atoms with Crippen molar-refractivity contribution in [2.24, 2.45) is 0 Å². The maximum Gasteiger partial charge on any atom is 0.266 e. The molecule has 0 atom stereocenters. The number of anilines is 1. The molecule has 1 amide bonds. The molecule has 29 heavy (non-hydrogen) atoms. The van der Waals surface area contributed by atoms with Crippen molar-refractivity contribution in [3.05, 3.63) is 100 Å². The zero-order chi connectivity index (χ0) is 20.6. The molecule has 0 aromatic heterocycles. The summed E-state index contributed by atoms with van der Waals surface area (Å²) in [6, 6.07) is 24.0. The fraction of sp³-hybridized carbons (Fsp3) is 0.0833. The minimum absolute atomic E-state index is 0.0219. The molecule has 3 aromatic rings. The molecule has 0 fully saturated rings. The topological polar surface area (TPSA) is 62.1 Å². The summed E-state index contributed by atoms with van der Waals surface area (Å²) in [5, 5.41) is 12.7. The van der Waals surface area contributed by atoms with Crippen molar-refractivity contribution in [1.82, 2.24) is 0 Å². The van der Waals surface area contributed by atoms with Crippen molar-refractivity contribution >= 4 is 29.3 Å². The van der Waals surface area contributed by atoms with Crippen LogP contribution in [0.5, 0.6) is 5.75 Å². The number of nitrogens with zero attached hydrogens (tertiary/aromatic N) is 1. The Hall–Kier alpha value is -3.55. The maximum absolute atomic E-state index is 12.5. The van der Waals surface area contributed by atoms with Gasteiger partial charge in [0, 0.05) is 16.3 Å². The van der Waals surface area contributed by atoms with Crippen molar-refractivity contribution in [2.75, 3.05) is 5.32 Å². The number of benzene rings is 3. The van der Waals surface area contributed by atoms with Gasteiger partial charge in [-0.25, -0.2) is 0 Å². The van der Waals surface area contributed by atoms with Crippen LogP contribution in [0.15, 0.2) is 78.4 Å². The summed E-state index contributed by atoms with van der Waals surface area (Å²) in [6.07, 6.45) is 1.52. The summed E-state index contributed by atoms with van der Waals surface area (Å²) in [6.45, 7) is 2.42. The van der Waals surface area contributed by atoms with Gasteiger partial charge in [0.25, 0.3) is 5.91 Å². The summed E-state index contributed by atoms with van der Waals surface area (Å²) in [5.41, 5.74) is 3.41. The largest absolute Gasteiger partial charge is 0.488 e. The van der Waals surface area contributed by atoms with Gasteiger partial charge in [-0.3, -0.25) is 4.79 Å². The third-order valence-electron chi connectivity index (χ3n) is 4.20. The van der Waals surface area contributed by atoms with Gasteiger partial charge in [0.2, 0.25) is 0 Å². The van der Waals surface area contributed by atoms with E-state index in [1.165, 1.54) is 11.6 Å². The lowest BCUT2D eigenvalue weighted by Crippen LogP contribution is -2.13. The SMILES string of the molecule is Cc1ccc(COc2ccccc2/C=C(\C#N)C(=O)Nc2ccc(Cl)cc2)cc1. The van der Waals surface area contributed by atoms with Gasteiger partial charge in [0.1, 0.15) is 24.0 Å². The molecular weight excluding hydrogens is 384 g/mol. The number of rotatable bonds is 6. The molecule has 3 rings (SSSR count). The fourth-order valence-electron chi connectivity index (χ4n) is 2.61. The number of hydrogen-bond acceptors (Lipinski definition) is 3.